The molecule has 1 aliphatic rings. The second-order valence-electron chi connectivity index (χ2n) is 4.68. The average molecular weight is 357 g/mol. The van der Waals surface area contributed by atoms with E-state index < -0.39 is 5.82 Å². The van der Waals surface area contributed by atoms with E-state index in [2.05, 4.69) is 27.3 Å². The minimum Gasteiger partial charge on any atom is -0.488 e. The second-order valence-corrected chi connectivity index (χ2v) is 6.00. The van der Waals surface area contributed by atoms with E-state index in [9.17, 15) is 4.39 Å². The van der Waals surface area contributed by atoms with Gasteiger partial charge >= 0.3 is 0 Å². The Bertz CT molecular complexity index is 650. The zero-order chi connectivity index (χ0) is 14.1. The van der Waals surface area contributed by atoms with Crippen LogP contribution in [0, 0.1) is 5.82 Å². The van der Waals surface area contributed by atoms with Gasteiger partial charge in [0.1, 0.15) is 11.9 Å². The number of hydrogen-bond donors (Lipinski definition) is 1. The van der Waals surface area contributed by atoms with Crippen molar-refractivity contribution in [3.8, 4) is 5.75 Å². The number of hydrogen-bond acceptors (Lipinski definition) is 2. The molecule has 104 valence electrons. The Labute approximate surface area is 130 Å². The van der Waals surface area contributed by atoms with E-state index in [0.29, 0.717) is 12.2 Å². The number of ether oxygens (including phenoxy) is 1. The minimum atomic E-state index is -0.424. The number of halogens is 3. The van der Waals surface area contributed by atoms with Gasteiger partial charge in [0.15, 0.2) is 5.82 Å². The summed E-state index contributed by atoms with van der Waals surface area (Å²) in [6.07, 6.45) is 0.807. The first kappa shape index (κ1) is 13.7. The molecule has 2 nitrogen and oxygen atoms in total. The van der Waals surface area contributed by atoms with Crippen LogP contribution in [0.25, 0.3) is 0 Å². The van der Waals surface area contributed by atoms with Crippen LogP contribution in [0.5, 0.6) is 5.75 Å². The van der Waals surface area contributed by atoms with Gasteiger partial charge in [0.25, 0.3) is 0 Å². The molecule has 20 heavy (non-hydrogen) atoms. The highest BCUT2D eigenvalue weighted by atomic mass is 79.9. The lowest BCUT2D eigenvalue weighted by molar-refractivity contribution is 0.246. The second kappa shape index (κ2) is 5.62. The SMILES string of the molecule is Fc1c(Cl)cccc1NCC1Cc2cc(Br)ccc2O1. The Morgan fingerprint density at radius 3 is 3.05 bits per heavy atom. The summed E-state index contributed by atoms with van der Waals surface area (Å²) >= 11 is 9.19. The van der Waals surface area contributed by atoms with Crippen LogP contribution in [0.2, 0.25) is 5.02 Å². The highest BCUT2D eigenvalue weighted by molar-refractivity contribution is 9.10. The Morgan fingerprint density at radius 2 is 2.20 bits per heavy atom. The van der Waals surface area contributed by atoms with Crippen LogP contribution in [0.1, 0.15) is 5.56 Å². The molecule has 0 radical (unpaired) electrons. The fourth-order valence-electron chi connectivity index (χ4n) is 2.27. The maximum absolute atomic E-state index is 13.8. The van der Waals surface area contributed by atoms with Crippen molar-refractivity contribution in [3.63, 3.8) is 0 Å². The summed E-state index contributed by atoms with van der Waals surface area (Å²) in [4.78, 5) is 0. The third kappa shape index (κ3) is 2.76. The summed E-state index contributed by atoms with van der Waals surface area (Å²) in [6, 6.07) is 10.9. The zero-order valence-electron chi connectivity index (χ0n) is 10.5. The Kier molecular flexibility index (Phi) is 3.85. The number of nitrogens with one attached hydrogen (secondary N) is 1. The third-order valence-electron chi connectivity index (χ3n) is 3.24. The van der Waals surface area contributed by atoms with Gasteiger partial charge in [0.05, 0.1) is 17.3 Å². The van der Waals surface area contributed by atoms with Crippen LogP contribution in [0.3, 0.4) is 0 Å². The molecule has 3 rings (SSSR count). The molecule has 2 aromatic carbocycles. The smallest absolute Gasteiger partial charge is 0.164 e. The first-order valence-corrected chi connectivity index (χ1v) is 7.43. The van der Waals surface area contributed by atoms with E-state index in [1.807, 2.05) is 12.1 Å². The number of fused-ring (bicyclic) bond motifs is 1. The topological polar surface area (TPSA) is 21.3 Å². The Balaban J connectivity index is 1.65. The summed E-state index contributed by atoms with van der Waals surface area (Å²) in [7, 11) is 0. The monoisotopic (exact) mass is 355 g/mol. The van der Waals surface area contributed by atoms with Gasteiger partial charge in [0.2, 0.25) is 0 Å². The first-order chi connectivity index (χ1) is 9.63. The minimum absolute atomic E-state index is 0.00215. The Morgan fingerprint density at radius 1 is 1.35 bits per heavy atom. The molecule has 1 N–H and O–H groups in total. The van der Waals surface area contributed by atoms with Crippen LogP contribution in [0.15, 0.2) is 40.9 Å². The molecule has 1 aliphatic heterocycles. The molecule has 0 saturated carbocycles. The molecule has 0 aromatic heterocycles. The van der Waals surface area contributed by atoms with Crippen molar-refractivity contribution in [1.29, 1.82) is 0 Å². The van der Waals surface area contributed by atoms with Gasteiger partial charge in [0, 0.05) is 10.9 Å². The summed E-state index contributed by atoms with van der Waals surface area (Å²) in [5.41, 5.74) is 1.57. The largest absolute Gasteiger partial charge is 0.488 e. The van der Waals surface area contributed by atoms with Gasteiger partial charge in [-0.1, -0.05) is 33.6 Å². The van der Waals surface area contributed by atoms with Crippen molar-refractivity contribution in [2.75, 3.05) is 11.9 Å². The van der Waals surface area contributed by atoms with E-state index >= 15 is 0 Å². The van der Waals surface area contributed by atoms with Crippen molar-refractivity contribution < 1.29 is 9.13 Å². The molecule has 1 heterocycles. The van der Waals surface area contributed by atoms with E-state index in [1.165, 1.54) is 6.07 Å². The van der Waals surface area contributed by atoms with Gasteiger partial charge in [-0.25, -0.2) is 4.39 Å². The molecule has 1 unspecified atom stereocenters. The standard InChI is InChI=1S/C15H12BrClFNO/c16-10-4-5-14-9(6-10)7-11(20-14)8-19-13-3-1-2-12(17)15(13)18/h1-6,11,19H,7-8H2. The zero-order valence-corrected chi connectivity index (χ0v) is 12.8. The van der Waals surface area contributed by atoms with Crippen molar-refractivity contribution >= 4 is 33.2 Å². The summed E-state index contributed by atoms with van der Waals surface area (Å²) < 4.78 is 20.6. The maximum Gasteiger partial charge on any atom is 0.164 e. The van der Waals surface area contributed by atoms with Crippen molar-refractivity contribution in [1.82, 2.24) is 0 Å². The highest BCUT2D eigenvalue weighted by Crippen LogP contribution is 2.31. The van der Waals surface area contributed by atoms with E-state index in [0.717, 1.165) is 22.2 Å². The van der Waals surface area contributed by atoms with Crippen LogP contribution >= 0.6 is 27.5 Å². The average Bonchev–Trinajstić information content (AvgIpc) is 2.82. The normalized spacial score (nSPS) is 16.6. The van der Waals surface area contributed by atoms with Gasteiger partial charge in [-0.3, -0.25) is 0 Å². The highest BCUT2D eigenvalue weighted by Gasteiger charge is 2.23. The molecule has 1 atom stereocenters. The fourth-order valence-corrected chi connectivity index (χ4v) is 2.85. The van der Waals surface area contributed by atoms with Crippen LogP contribution < -0.4 is 10.1 Å². The lowest BCUT2D eigenvalue weighted by Gasteiger charge is -2.13. The third-order valence-corrected chi connectivity index (χ3v) is 4.02. The summed E-state index contributed by atoms with van der Waals surface area (Å²) in [6.45, 7) is 0.531. The lowest BCUT2D eigenvalue weighted by atomic mass is 10.1. The molecular weight excluding hydrogens is 345 g/mol. The quantitative estimate of drug-likeness (QED) is 0.864. The van der Waals surface area contributed by atoms with E-state index in [1.54, 1.807) is 12.1 Å². The van der Waals surface area contributed by atoms with E-state index in [4.69, 9.17) is 16.3 Å². The molecule has 0 spiro atoms. The predicted molar refractivity (Wildman–Crippen MR) is 82.2 cm³/mol. The number of benzene rings is 2. The summed E-state index contributed by atoms with van der Waals surface area (Å²) in [5, 5.41) is 3.17. The van der Waals surface area contributed by atoms with Crippen molar-refractivity contribution in [2.45, 2.75) is 12.5 Å². The molecule has 0 amide bonds. The molecular formula is C15H12BrClFNO. The van der Waals surface area contributed by atoms with Crippen LogP contribution in [0.4, 0.5) is 10.1 Å². The fraction of sp³-hybridized carbons (Fsp3) is 0.200. The predicted octanol–water partition coefficient (Wildman–Crippen LogP) is 4.66. The van der Waals surface area contributed by atoms with Gasteiger partial charge < -0.3 is 10.1 Å². The lowest BCUT2D eigenvalue weighted by Crippen LogP contribution is -2.24. The molecule has 0 bridgehead atoms. The van der Waals surface area contributed by atoms with Crippen LogP contribution in [-0.4, -0.2) is 12.6 Å². The van der Waals surface area contributed by atoms with Crippen molar-refractivity contribution in [2.24, 2.45) is 0 Å². The van der Waals surface area contributed by atoms with Gasteiger partial charge in [-0.05, 0) is 35.9 Å². The summed E-state index contributed by atoms with van der Waals surface area (Å²) in [5.74, 6) is 0.471. The molecule has 0 fully saturated rings. The van der Waals surface area contributed by atoms with Crippen LogP contribution in [-0.2, 0) is 6.42 Å². The number of rotatable bonds is 3. The molecule has 2 aromatic rings. The molecule has 5 heteroatoms. The Hall–Kier alpha value is -1.26. The van der Waals surface area contributed by atoms with E-state index in [-0.39, 0.29) is 11.1 Å². The molecule has 0 saturated heterocycles. The maximum atomic E-state index is 13.8. The van der Waals surface area contributed by atoms with Gasteiger partial charge in [-0.2, -0.15) is 0 Å². The van der Waals surface area contributed by atoms with Gasteiger partial charge in [-0.15, -0.1) is 0 Å². The van der Waals surface area contributed by atoms with Crippen molar-refractivity contribution in [3.05, 3.63) is 57.3 Å². The number of anilines is 1. The first-order valence-electron chi connectivity index (χ1n) is 6.26. The molecule has 0 aliphatic carbocycles.